The molecule has 0 aliphatic carbocycles. The van der Waals surface area contributed by atoms with Gasteiger partial charge in [0.05, 0.1) is 12.7 Å². The van der Waals surface area contributed by atoms with E-state index in [9.17, 15) is 0 Å². The van der Waals surface area contributed by atoms with Crippen LogP contribution in [0.3, 0.4) is 0 Å². The van der Waals surface area contributed by atoms with Gasteiger partial charge >= 0.3 is 0 Å². The number of nitrogens with zero attached hydrogens (tertiary/aromatic N) is 3. The highest BCUT2D eigenvalue weighted by Gasteiger charge is 2.19. The Kier molecular flexibility index (Phi) is 2.83. The molecule has 2 heterocycles. The van der Waals surface area contributed by atoms with Gasteiger partial charge in [-0.2, -0.15) is 0 Å². The molecule has 0 amide bonds. The molecular formula is C8H13ClN4. The van der Waals surface area contributed by atoms with Gasteiger partial charge in [0.25, 0.3) is 0 Å². The minimum Gasteiger partial charge on any atom is -0.314 e. The van der Waals surface area contributed by atoms with Gasteiger partial charge in [0.1, 0.15) is 5.16 Å². The third-order valence-corrected chi connectivity index (χ3v) is 2.52. The Bertz CT molecular complexity index is 232. The molecule has 0 radical (unpaired) electrons. The molecule has 0 aromatic carbocycles. The van der Waals surface area contributed by atoms with Gasteiger partial charge in [-0.15, -0.1) is 0 Å². The molecule has 0 aromatic rings. The van der Waals surface area contributed by atoms with Crippen LogP contribution in [0.2, 0.25) is 0 Å². The lowest BCUT2D eigenvalue weighted by atomic mass is 10.4. The summed E-state index contributed by atoms with van der Waals surface area (Å²) in [4.78, 5) is 4.00. The van der Waals surface area contributed by atoms with Gasteiger partial charge in [0.15, 0.2) is 0 Å². The van der Waals surface area contributed by atoms with Crippen molar-refractivity contribution in [2.24, 2.45) is 4.99 Å². The monoisotopic (exact) mass is 200 g/mol. The summed E-state index contributed by atoms with van der Waals surface area (Å²) in [6.45, 7) is 4.86. The maximum absolute atomic E-state index is 6.03. The first-order valence-electron chi connectivity index (χ1n) is 4.48. The number of hydrogen-bond donors (Lipinski definition) is 1. The van der Waals surface area contributed by atoms with E-state index in [2.05, 4.69) is 20.3 Å². The van der Waals surface area contributed by atoms with Crippen molar-refractivity contribution < 1.29 is 0 Å². The van der Waals surface area contributed by atoms with Crippen molar-refractivity contribution in [2.75, 3.05) is 32.7 Å². The summed E-state index contributed by atoms with van der Waals surface area (Å²) in [6, 6.07) is 0. The maximum Gasteiger partial charge on any atom is 0.138 e. The van der Waals surface area contributed by atoms with E-state index < -0.39 is 0 Å². The van der Waals surface area contributed by atoms with E-state index in [4.69, 9.17) is 11.6 Å². The number of nitrogens with one attached hydrogen (secondary N) is 1. The summed E-state index contributed by atoms with van der Waals surface area (Å²) >= 11 is 6.03. The minimum atomic E-state index is 0.712. The predicted molar refractivity (Wildman–Crippen MR) is 53.6 cm³/mol. The lowest BCUT2D eigenvalue weighted by Crippen LogP contribution is -2.52. The van der Waals surface area contributed by atoms with E-state index >= 15 is 0 Å². The van der Waals surface area contributed by atoms with Crippen molar-refractivity contribution in [3.05, 3.63) is 11.4 Å². The first kappa shape index (κ1) is 8.99. The number of halogens is 1. The largest absolute Gasteiger partial charge is 0.314 e. The molecule has 0 aromatic heterocycles. The Hall–Kier alpha value is -0.580. The molecule has 13 heavy (non-hydrogen) atoms. The molecule has 2 rings (SSSR count). The quantitative estimate of drug-likeness (QED) is 0.615. The SMILES string of the molecule is ClC1=CN=CCN1N1CCNCC1. The lowest BCUT2D eigenvalue weighted by molar-refractivity contribution is 0.0188. The van der Waals surface area contributed by atoms with Crippen molar-refractivity contribution in [1.29, 1.82) is 0 Å². The van der Waals surface area contributed by atoms with Crippen LogP contribution in [0.5, 0.6) is 0 Å². The standard InChI is InChI=1S/C8H13ClN4/c9-8-7-11-3-6-13(8)12-4-1-10-2-5-12/h3,7,10H,1-2,4-6H2. The number of hydrazine groups is 1. The van der Waals surface area contributed by atoms with Crippen molar-refractivity contribution in [1.82, 2.24) is 15.3 Å². The summed E-state index contributed by atoms with van der Waals surface area (Å²) < 4.78 is 0. The zero-order chi connectivity index (χ0) is 9.10. The van der Waals surface area contributed by atoms with E-state index in [0.717, 1.165) is 32.7 Å². The molecule has 0 atom stereocenters. The van der Waals surface area contributed by atoms with Crippen LogP contribution in [0.15, 0.2) is 16.3 Å². The topological polar surface area (TPSA) is 30.9 Å². The summed E-state index contributed by atoms with van der Waals surface area (Å²) in [5.74, 6) is 0. The Morgan fingerprint density at radius 1 is 1.38 bits per heavy atom. The highest BCUT2D eigenvalue weighted by atomic mass is 35.5. The number of piperazine rings is 1. The van der Waals surface area contributed by atoms with Crippen molar-refractivity contribution in [3.8, 4) is 0 Å². The zero-order valence-corrected chi connectivity index (χ0v) is 8.17. The second-order valence-corrected chi connectivity index (χ2v) is 3.46. The fraction of sp³-hybridized carbons (Fsp3) is 0.625. The zero-order valence-electron chi connectivity index (χ0n) is 7.41. The maximum atomic E-state index is 6.03. The Balaban J connectivity index is 1.99. The second-order valence-electron chi connectivity index (χ2n) is 3.07. The van der Waals surface area contributed by atoms with Crippen LogP contribution >= 0.6 is 11.6 Å². The van der Waals surface area contributed by atoms with Gasteiger partial charge in [0, 0.05) is 32.4 Å². The average Bonchev–Trinajstić information content (AvgIpc) is 2.20. The van der Waals surface area contributed by atoms with Gasteiger partial charge in [-0.05, 0) is 0 Å². The van der Waals surface area contributed by atoms with Crippen LogP contribution in [0.4, 0.5) is 0 Å². The van der Waals surface area contributed by atoms with Gasteiger partial charge in [-0.1, -0.05) is 11.6 Å². The number of rotatable bonds is 1. The highest BCUT2D eigenvalue weighted by Crippen LogP contribution is 2.15. The molecule has 0 spiro atoms. The smallest absolute Gasteiger partial charge is 0.138 e. The Labute approximate surface area is 82.8 Å². The number of hydrogen-bond acceptors (Lipinski definition) is 4. The molecule has 2 aliphatic rings. The van der Waals surface area contributed by atoms with Gasteiger partial charge < -0.3 is 5.32 Å². The van der Waals surface area contributed by atoms with Gasteiger partial charge in [0.2, 0.25) is 0 Å². The van der Waals surface area contributed by atoms with E-state index in [1.807, 2.05) is 6.21 Å². The van der Waals surface area contributed by atoms with Crippen LogP contribution in [0, 0.1) is 0 Å². The first-order valence-corrected chi connectivity index (χ1v) is 4.86. The summed E-state index contributed by atoms with van der Waals surface area (Å²) in [5, 5.41) is 8.33. The van der Waals surface area contributed by atoms with Gasteiger partial charge in [-0.25, -0.2) is 5.01 Å². The third kappa shape index (κ3) is 2.02. The van der Waals surface area contributed by atoms with Crippen LogP contribution in [0.25, 0.3) is 0 Å². The molecule has 2 aliphatic heterocycles. The molecule has 0 bridgehead atoms. The predicted octanol–water partition coefficient (Wildman–Crippen LogP) is 0.231. The van der Waals surface area contributed by atoms with Crippen molar-refractivity contribution in [2.45, 2.75) is 0 Å². The minimum absolute atomic E-state index is 0.712. The van der Waals surface area contributed by atoms with Crippen LogP contribution < -0.4 is 5.32 Å². The molecule has 0 saturated carbocycles. The van der Waals surface area contributed by atoms with Crippen LogP contribution in [-0.2, 0) is 0 Å². The summed E-state index contributed by atoms with van der Waals surface area (Å²) in [7, 11) is 0. The molecule has 5 heteroatoms. The van der Waals surface area contributed by atoms with Crippen LogP contribution in [-0.4, -0.2) is 49.0 Å². The Morgan fingerprint density at radius 3 is 2.85 bits per heavy atom. The summed E-state index contributed by atoms with van der Waals surface area (Å²) in [6.07, 6.45) is 3.56. The fourth-order valence-corrected chi connectivity index (χ4v) is 1.77. The molecule has 72 valence electrons. The molecule has 4 nitrogen and oxygen atoms in total. The molecule has 1 saturated heterocycles. The molecule has 0 unspecified atom stereocenters. The third-order valence-electron chi connectivity index (χ3n) is 2.22. The van der Waals surface area contributed by atoms with E-state index in [1.54, 1.807) is 6.20 Å². The normalized spacial score (nSPS) is 24.7. The van der Waals surface area contributed by atoms with E-state index in [0.29, 0.717) is 5.16 Å². The fourth-order valence-electron chi connectivity index (χ4n) is 1.54. The number of aliphatic imine (C=N–C) groups is 1. The molecule has 1 fully saturated rings. The van der Waals surface area contributed by atoms with E-state index in [-0.39, 0.29) is 0 Å². The van der Waals surface area contributed by atoms with Gasteiger partial charge in [-0.3, -0.25) is 10.0 Å². The summed E-state index contributed by atoms with van der Waals surface area (Å²) in [5.41, 5.74) is 0. The molecular weight excluding hydrogens is 188 g/mol. The van der Waals surface area contributed by atoms with Crippen molar-refractivity contribution in [3.63, 3.8) is 0 Å². The average molecular weight is 201 g/mol. The highest BCUT2D eigenvalue weighted by molar-refractivity contribution is 6.29. The molecule has 1 N–H and O–H groups in total. The Morgan fingerprint density at radius 2 is 2.15 bits per heavy atom. The lowest BCUT2D eigenvalue weighted by Gasteiger charge is -2.38. The first-order chi connectivity index (χ1) is 6.38. The second kappa shape index (κ2) is 4.09. The van der Waals surface area contributed by atoms with Crippen LogP contribution in [0.1, 0.15) is 0 Å². The van der Waals surface area contributed by atoms with E-state index in [1.165, 1.54) is 0 Å². The van der Waals surface area contributed by atoms with Crippen molar-refractivity contribution >= 4 is 17.8 Å².